The molecule has 0 aliphatic carbocycles. The number of imide groups is 1. The Labute approximate surface area is 189 Å². The summed E-state index contributed by atoms with van der Waals surface area (Å²) >= 11 is 0. The van der Waals surface area contributed by atoms with Gasteiger partial charge in [0.15, 0.2) is 17.1 Å². The van der Waals surface area contributed by atoms with Crippen molar-refractivity contribution >= 4 is 28.5 Å². The number of benzene rings is 2. The van der Waals surface area contributed by atoms with Gasteiger partial charge in [0.25, 0.3) is 11.8 Å². The van der Waals surface area contributed by atoms with Gasteiger partial charge in [0.2, 0.25) is 0 Å². The number of pyridine rings is 1. The van der Waals surface area contributed by atoms with E-state index in [0.29, 0.717) is 52.7 Å². The molecule has 8 nitrogen and oxygen atoms in total. The maximum atomic E-state index is 13.6. The van der Waals surface area contributed by atoms with Gasteiger partial charge in [0.1, 0.15) is 13.2 Å². The van der Waals surface area contributed by atoms with Gasteiger partial charge < -0.3 is 9.47 Å². The van der Waals surface area contributed by atoms with Crippen molar-refractivity contribution in [3.05, 3.63) is 70.5 Å². The minimum absolute atomic E-state index is 0.269. The number of ether oxygens (including phenoxy) is 2. The van der Waals surface area contributed by atoms with Crippen LogP contribution in [0.2, 0.25) is 0 Å². The standard InChI is InChI=1S/C25H20N4O4/c1-13-4-5-17(10-14(13)2)29-23-21(15(3)27-29)22-18(12-26-23)24(30)28(25(22)31)16-6-7-19-20(11-16)33-9-8-32-19/h4-7,10-12H,8-9H2,1-3H3. The highest BCUT2D eigenvalue weighted by atomic mass is 16.6. The Morgan fingerprint density at radius 3 is 2.39 bits per heavy atom. The normalized spacial score (nSPS) is 14.8. The fourth-order valence-electron chi connectivity index (χ4n) is 4.40. The van der Waals surface area contributed by atoms with Gasteiger partial charge in [-0.1, -0.05) is 6.07 Å². The van der Waals surface area contributed by atoms with Crippen molar-refractivity contribution in [2.45, 2.75) is 20.8 Å². The molecule has 2 aromatic heterocycles. The summed E-state index contributed by atoms with van der Waals surface area (Å²) in [5.74, 6) is 0.287. The third-order valence-corrected chi connectivity index (χ3v) is 6.24. The summed E-state index contributed by atoms with van der Waals surface area (Å²) < 4.78 is 12.9. The number of aryl methyl sites for hydroxylation is 3. The van der Waals surface area contributed by atoms with Gasteiger partial charge in [-0.2, -0.15) is 5.10 Å². The number of anilines is 1. The maximum absolute atomic E-state index is 13.6. The molecule has 2 aromatic carbocycles. The molecule has 0 N–H and O–H groups in total. The van der Waals surface area contributed by atoms with Crippen LogP contribution in [-0.2, 0) is 0 Å². The summed E-state index contributed by atoms with van der Waals surface area (Å²) in [5, 5.41) is 5.25. The number of hydrogen-bond acceptors (Lipinski definition) is 6. The molecule has 2 amide bonds. The second-order valence-electron chi connectivity index (χ2n) is 8.28. The van der Waals surface area contributed by atoms with E-state index in [4.69, 9.17) is 9.47 Å². The number of nitrogens with zero attached hydrogens (tertiary/aromatic N) is 4. The Hall–Kier alpha value is -4.20. The lowest BCUT2D eigenvalue weighted by Crippen LogP contribution is -2.29. The van der Waals surface area contributed by atoms with Crippen LogP contribution in [-0.4, -0.2) is 39.8 Å². The molecule has 0 saturated heterocycles. The molecule has 2 aliphatic rings. The largest absolute Gasteiger partial charge is 0.486 e. The molecule has 4 aromatic rings. The number of carbonyl (C=O) groups is 2. The molecule has 0 fully saturated rings. The molecule has 0 radical (unpaired) electrons. The van der Waals surface area contributed by atoms with E-state index in [1.54, 1.807) is 22.9 Å². The van der Waals surface area contributed by atoms with Crippen LogP contribution >= 0.6 is 0 Å². The number of carbonyl (C=O) groups excluding carboxylic acids is 2. The van der Waals surface area contributed by atoms with E-state index < -0.39 is 11.8 Å². The van der Waals surface area contributed by atoms with Crippen molar-refractivity contribution < 1.29 is 19.1 Å². The zero-order valence-corrected chi connectivity index (χ0v) is 18.4. The van der Waals surface area contributed by atoms with Gasteiger partial charge in [0, 0.05) is 12.3 Å². The van der Waals surface area contributed by atoms with Crippen LogP contribution in [0.25, 0.3) is 16.7 Å². The zero-order valence-electron chi connectivity index (χ0n) is 18.4. The molecule has 0 spiro atoms. The van der Waals surface area contributed by atoms with Gasteiger partial charge in [-0.3, -0.25) is 9.59 Å². The highest BCUT2D eigenvalue weighted by Crippen LogP contribution is 2.38. The summed E-state index contributed by atoms with van der Waals surface area (Å²) in [6.07, 6.45) is 1.47. The van der Waals surface area contributed by atoms with E-state index in [2.05, 4.69) is 10.1 Å². The van der Waals surface area contributed by atoms with E-state index in [-0.39, 0.29) is 5.56 Å². The Morgan fingerprint density at radius 1 is 0.848 bits per heavy atom. The first-order chi connectivity index (χ1) is 15.9. The van der Waals surface area contributed by atoms with Crippen LogP contribution in [0.4, 0.5) is 5.69 Å². The number of rotatable bonds is 2. The third kappa shape index (κ3) is 2.77. The first-order valence-corrected chi connectivity index (χ1v) is 10.7. The smallest absolute Gasteiger partial charge is 0.267 e. The van der Waals surface area contributed by atoms with Crippen molar-refractivity contribution in [2.24, 2.45) is 0 Å². The molecule has 4 heterocycles. The topological polar surface area (TPSA) is 86.6 Å². The number of aromatic nitrogens is 3. The second-order valence-corrected chi connectivity index (χ2v) is 8.28. The molecule has 0 unspecified atom stereocenters. The first kappa shape index (κ1) is 19.5. The van der Waals surface area contributed by atoms with Crippen LogP contribution in [0.3, 0.4) is 0 Å². The number of amides is 2. The van der Waals surface area contributed by atoms with E-state index in [1.165, 1.54) is 11.8 Å². The van der Waals surface area contributed by atoms with Gasteiger partial charge in [0.05, 0.1) is 33.6 Å². The van der Waals surface area contributed by atoms with Gasteiger partial charge in [-0.15, -0.1) is 0 Å². The van der Waals surface area contributed by atoms with Crippen LogP contribution in [0.1, 0.15) is 37.5 Å². The summed E-state index contributed by atoms with van der Waals surface area (Å²) in [6, 6.07) is 11.1. The molecule has 0 saturated carbocycles. The summed E-state index contributed by atoms with van der Waals surface area (Å²) in [5.41, 5.74) is 5.36. The third-order valence-electron chi connectivity index (χ3n) is 6.24. The maximum Gasteiger partial charge on any atom is 0.267 e. The highest BCUT2D eigenvalue weighted by Gasteiger charge is 2.40. The Morgan fingerprint density at radius 2 is 1.61 bits per heavy atom. The Kier molecular flexibility index (Phi) is 4.07. The second kappa shape index (κ2) is 6.90. The van der Waals surface area contributed by atoms with Crippen molar-refractivity contribution in [3.8, 4) is 17.2 Å². The Balaban J connectivity index is 1.49. The lowest BCUT2D eigenvalue weighted by atomic mass is 10.1. The van der Waals surface area contributed by atoms with Crippen molar-refractivity contribution in [1.82, 2.24) is 14.8 Å². The van der Waals surface area contributed by atoms with Crippen LogP contribution < -0.4 is 14.4 Å². The number of fused-ring (bicyclic) bond motifs is 4. The fraction of sp³-hybridized carbons (Fsp3) is 0.200. The molecule has 0 bridgehead atoms. The van der Waals surface area contributed by atoms with Crippen LogP contribution in [0.5, 0.6) is 11.5 Å². The Bertz CT molecular complexity index is 1500. The lowest BCUT2D eigenvalue weighted by molar-refractivity contribution is 0.0926. The summed E-state index contributed by atoms with van der Waals surface area (Å²) in [6.45, 7) is 6.79. The van der Waals surface area contributed by atoms with Gasteiger partial charge in [-0.05, 0) is 56.2 Å². The minimum Gasteiger partial charge on any atom is -0.486 e. The number of hydrogen-bond donors (Lipinski definition) is 0. The quantitative estimate of drug-likeness (QED) is 0.439. The molecular weight excluding hydrogens is 420 g/mol. The average molecular weight is 440 g/mol. The molecule has 33 heavy (non-hydrogen) atoms. The van der Waals surface area contributed by atoms with E-state index >= 15 is 0 Å². The first-order valence-electron chi connectivity index (χ1n) is 10.7. The zero-order chi connectivity index (χ0) is 22.9. The molecule has 0 atom stereocenters. The fourth-order valence-corrected chi connectivity index (χ4v) is 4.40. The van der Waals surface area contributed by atoms with Crippen LogP contribution in [0, 0.1) is 20.8 Å². The average Bonchev–Trinajstić information content (AvgIpc) is 3.29. The minimum atomic E-state index is -0.417. The SMILES string of the molecule is Cc1ccc(-n2nc(C)c3c4c(cnc32)C(=O)N(c2ccc3c(c2)OCCO3)C4=O)cc1C. The van der Waals surface area contributed by atoms with E-state index in [1.807, 2.05) is 39.0 Å². The van der Waals surface area contributed by atoms with Crippen molar-refractivity contribution in [2.75, 3.05) is 18.1 Å². The highest BCUT2D eigenvalue weighted by molar-refractivity contribution is 6.37. The summed E-state index contributed by atoms with van der Waals surface area (Å²) in [7, 11) is 0. The predicted molar refractivity (Wildman–Crippen MR) is 122 cm³/mol. The van der Waals surface area contributed by atoms with Gasteiger partial charge >= 0.3 is 0 Å². The molecule has 164 valence electrons. The monoisotopic (exact) mass is 440 g/mol. The van der Waals surface area contributed by atoms with Crippen molar-refractivity contribution in [3.63, 3.8) is 0 Å². The van der Waals surface area contributed by atoms with E-state index in [9.17, 15) is 9.59 Å². The molecular formula is C25H20N4O4. The lowest BCUT2D eigenvalue weighted by Gasteiger charge is -2.21. The van der Waals surface area contributed by atoms with E-state index in [0.717, 1.165) is 16.2 Å². The van der Waals surface area contributed by atoms with Crippen molar-refractivity contribution in [1.29, 1.82) is 0 Å². The summed E-state index contributed by atoms with van der Waals surface area (Å²) in [4.78, 5) is 32.5. The molecule has 2 aliphatic heterocycles. The predicted octanol–water partition coefficient (Wildman–Crippen LogP) is 3.92. The molecule has 8 heteroatoms. The van der Waals surface area contributed by atoms with Gasteiger partial charge in [-0.25, -0.2) is 14.6 Å². The van der Waals surface area contributed by atoms with Crippen LogP contribution in [0.15, 0.2) is 42.6 Å². The molecule has 6 rings (SSSR count).